The van der Waals surface area contributed by atoms with Gasteiger partial charge in [-0.3, -0.25) is 4.79 Å². The molecule has 2 aromatic carbocycles. The number of fused-ring (bicyclic) bond motifs is 3. The summed E-state index contributed by atoms with van der Waals surface area (Å²) in [5, 5.41) is 15.0. The summed E-state index contributed by atoms with van der Waals surface area (Å²) in [5.74, 6) is 0.531. The summed E-state index contributed by atoms with van der Waals surface area (Å²) in [5.41, 5.74) is 3.54. The second-order valence-corrected chi connectivity index (χ2v) is 9.24. The summed E-state index contributed by atoms with van der Waals surface area (Å²) in [6, 6.07) is 9.13. The Bertz CT molecular complexity index is 1010. The molecule has 3 atom stereocenters. The number of hydrogen-bond acceptors (Lipinski definition) is 3. The highest BCUT2D eigenvalue weighted by atomic mass is 35.5. The van der Waals surface area contributed by atoms with Gasteiger partial charge in [0.05, 0.1) is 11.1 Å². The molecular weight excluding hydrogens is 431 g/mol. The summed E-state index contributed by atoms with van der Waals surface area (Å²) in [6.45, 7) is 5.73. The van der Waals surface area contributed by atoms with Gasteiger partial charge in [0, 0.05) is 40.8 Å². The third-order valence-corrected chi connectivity index (χ3v) is 6.78. The Kier molecular flexibility index (Phi) is 6.49. The minimum Gasteiger partial charge on any atom is -0.506 e. The van der Waals surface area contributed by atoms with E-state index in [1.54, 1.807) is 12.1 Å². The van der Waals surface area contributed by atoms with Gasteiger partial charge in [-0.2, -0.15) is 0 Å². The molecule has 1 heterocycles. The van der Waals surface area contributed by atoms with Crippen LogP contribution in [-0.4, -0.2) is 29.0 Å². The van der Waals surface area contributed by atoms with E-state index in [2.05, 4.69) is 31.3 Å². The summed E-state index contributed by atoms with van der Waals surface area (Å²) in [4.78, 5) is 15.1. The van der Waals surface area contributed by atoms with E-state index in [0.29, 0.717) is 10.6 Å². The molecule has 0 radical (unpaired) electrons. The quantitative estimate of drug-likeness (QED) is 0.468. The van der Waals surface area contributed by atoms with Crippen LogP contribution in [0.5, 0.6) is 5.75 Å². The zero-order valence-corrected chi connectivity index (χ0v) is 19.4. The third-order valence-electron chi connectivity index (χ3n) is 6.28. The maximum absolute atomic E-state index is 13.1. The zero-order chi connectivity index (χ0) is 22.1. The normalized spacial score (nSPS) is 21.4. The average Bonchev–Trinajstić information content (AvgIpc) is 3.25. The molecule has 0 saturated heterocycles. The topological polar surface area (TPSA) is 52.6 Å². The number of amides is 1. The van der Waals surface area contributed by atoms with Gasteiger partial charge in [0.25, 0.3) is 5.91 Å². The number of benzene rings is 2. The summed E-state index contributed by atoms with van der Waals surface area (Å²) >= 11 is 12.4. The average molecular weight is 459 g/mol. The van der Waals surface area contributed by atoms with Gasteiger partial charge in [0.1, 0.15) is 5.75 Å². The van der Waals surface area contributed by atoms with Gasteiger partial charge in [0.15, 0.2) is 0 Å². The van der Waals surface area contributed by atoms with Crippen molar-refractivity contribution in [2.24, 2.45) is 5.92 Å². The van der Waals surface area contributed by atoms with Crippen molar-refractivity contribution in [3.05, 3.63) is 69.2 Å². The SMILES string of the molecule is CCCN(CCC)C(=O)c1ccc2c(c1)C1C=CCC1C(c1cc(Cl)cc(Cl)c1O)N2. The van der Waals surface area contributed by atoms with Crippen LogP contribution < -0.4 is 5.32 Å². The van der Waals surface area contributed by atoms with Crippen LogP contribution in [0, 0.1) is 5.92 Å². The van der Waals surface area contributed by atoms with E-state index in [0.717, 1.165) is 49.2 Å². The van der Waals surface area contributed by atoms with Crippen molar-refractivity contribution in [1.29, 1.82) is 0 Å². The molecule has 164 valence electrons. The number of hydrogen-bond donors (Lipinski definition) is 2. The van der Waals surface area contributed by atoms with Crippen LogP contribution in [0.4, 0.5) is 5.69 Å². The van der Waals surface area contributed by atoms with Crippen molar-refractivity contribution in [2.45, 2.75) is 45.1 Å². The number of nitrogens with one attached hydrogen (secondary N) is 1. The largest absolute Gasteiger partial charge is 0.506 e. The lowest BCUT2D eigenvalue weighted by Crippen LogP contribution is -2.33. The Morgan fingerprint density at radius 1 is 1.13 bits per heavy atom. The Hall–Kier alpha value is -2.17. The van der Waals surface area contributed by atoms with Crippen LogP contribution in [0.3, 0.4) is 0 Å². The zero-order valence-electron chi connectivity index (χ0n) is 17.9. The van der Waals surface area contributed by atoms with E-state index >= 15 is 0 Å². The van der Waals surface area contributed by atoms with Crippen molar-refractivity contribution in [3.63, 3.8) is 0 Å². The fraction of sp³-hybridized carbons (Fsp3) is 0.400. The molecule has 0 saturated carbocycles. The van der Waals surface area contributed by atoms with Crippen LogP contribution >= 0.6 is 23.2 Å². The predicted octanol–water partition coefficient (Wildman–Crippen LogP) is 6.79. The molecule has 2 N–H and O–H groups in total. The first-order chi connectivity index (χ1) is 14.9. The van der Waals surface area contributed by atoms with E-state index < -0.39 is 0 Å². The van der Waals surface area contributed by atoms with Crippen LogP contribution in [0.25, 0.3) is 0 Å². The van der Waals surface area contributed by atoms with Crippen molar-refractivity contribution < 1.29 is 9.90 Å². The standard InChI is InChI=1S/C25H28Cl2N2O2/c1-3-10-29(11-4-2)25(31)15-8-9-22-19(12-15)17-6-5-7-18(17)23(28-22)20-13-16(26)14-21(27)24(20)30/h5-6,8-9,12-14,17-18,23,28,30H,3-4,7,10-11H2,1-2H3. The molecule has 4 nitrogen and oxygen atoms in total. The van der Waals surface area contributed by atoms with Crippen LogP contribution in [0.15, 0.2) is 42.5 Å². The van der Waals surface area contributed by atoms with Gasteiger partial charge in [0.2, 0.25) is 0 Å². The molecule has 0 bridgehead atoms. The molecule has 3 unspecified atom stereocenters. The molecule has 6 heteroatoms. The van der Waals surface area contributed by atoms with E-state index in [9.17, 15) is 9.90 Å². The molecule has 4 rings (SSSR count). The van der Waals surface area contributed by atoms with Crippen LogP contribution in [0.1, 0.15) is 66.6 Å². The molecule has 0 fully saturated rings. The number of phenols is 1. The number of allylic oxidation sites excluding steroid dienone is 2. The summed E-state index contributed by atoms with van der Waals surface area (Å²) in [7, 11) is 0. The lowest BCUT2D eigenvalue weighted by Gasteiger charge is -2.38. The fourth-order valence-electron chi connectivity index (χ4n) is 4.90. The monoisotopic (exact) mass is 458 g/mol. The van der Waals surface area contributed by atoms with Gasteiger partial charge in [-0.1, -0.05) is 49.2 Å². The predicted molar refractivity (Wildman–Crippen MR) is 127 cm³/mol. The molecule has 2 aliphatic rings. The van der Waals surface area contributed by atoms with Gasteiger partial charge in [-0.15, -0.1) is 0 Å². The van der Waals surface area contributed by atoms with Gasteiger partial charge >= 0.3 is 0 Å². The molecule has 0 aromatic heterocycles. The van der Waals surface area contributed by atoms with Crippen molar-refractivity contribution in [1.82, 2.24) is 4.90 Å². The second kappa shape index (κ2) is 9.13. The van der Waals surface area contributed by atoms with Gasteiger partial charge < -0.3 is 15.3 Å². The number of halogens is 2. The summed E-state index contributed by atoms with van der Waals surface area (Å²) < 4.78 is 0. The van der Waals surface area contributed by atoms with Crippen LogP contribution in [-0.2, 0) is 0 Å². The number of rotatable bonds is 6. The molecular formula is C25H28Cl2N2O2. The fourth-order valence-corrected chi connectivity index (χ4v) is 5.40. The minimum absolute atomic E-state index is 0.0687. The molecule has 1 aliphatic heterocycles. The van der Waals surface area contributed by atoms with Crippen molar-refractivity contribution >= 4 is 34.8 Å². The highest BCUT2D eigenvalue weighted by Gasteiger charge is 2.39. The van der Waals surface area contributed by atoms with E-state index in [1.165, 1.54) is 0 Å². The molecule has 0 spiro atoms. The first kappa shape index (κ1) is 22.0. The van der Waals surface area contributed by atoms with Crippen molar-refractivity contribution in [3.8, 4) is 5.75 Å². The number of carbonyl (C=O) groups is 1. The number of carbonyl (C=O) groups excluding carboxylic acids is 1. The Balaban J connectivity index is 1.70. The number of anilines is 1. The Labute approximate surface area is 193 Å². The number of aromatic hydroxyl groups is 1. The van der Waals surface area contributed by atoms with Crippen LogP contribution in [0.2, 0.25) is 10.0 Å². The van der Waals surface area contributed by atoms with Gasteiger partial charge in [-0.05, 0) is 61.1 Å². The minimum atomic E-state index is -0.123. The smallest absolute Gasteiger partial charge is 0.253 e. The molecule has 1 amide bonds. The highest BCUT2D eigenvalue weighted by molar-refractivity contribution is 6.35. The van der Waals surface area contributed by atoms with Crippen molar-refractivity contribution in [2.75, 3.05) is 18.4 Å². The molecule has 1 aliphatic carbocycles. The maximum atomic E-state index is 13.1. The maximum Gasteiger partial charge on any atom is 0.253 e. The van der Waals surface area contributed by atoms with Gasteiger partial charge in [-0.25, -0.2) is 0 Å². The lowest BCUT2D eigenvalue weighted by atomic mass is 9.76. The molecule has 2 aromatic rings. The third kappa shape index (κ3) is 4.16. The van der Waals surface area contributed by atoms with E-state index in [4.69, 9.17) is 23.2 Å². The summed E-state index contributed by atoms with van der Waals surface area (Å²) in [6.07, 6.45) is 7.15. The number of nitrogens with zero attached hydrogens (tertiary/aromatic N) is 1. The first-order valence-electron chi connectivity index (χ1n) is 11.0. The Morgan fingerprint density at radius 3 is 2.58 bits per heavy atom. The Morgan fingerprint density at radius 2 is 1.87 bits per heavy atom. The van der Waals surface area contributed by atoms with E-state index in [1.807, 2.05) is 23.1 Å². The lowest BCUT2D eigenvalue weighted by molar-refractivity contribution is 0.0755. The first-order valence-corrected chi connectivity index (χ1v) is 11.7. The van der Waals surface area contributed by atoms with E-state index in [-0.39, 0.29) is 34.6 Å². The second-order valence-electron chi connectivity index (χ2n) is 8.40. The highest BCUT2D eigenvalue weighted by Crippen LogP contribution is 2.52. The number of phenolic OH excluding ortho intramolecular Hbond substituents is 1. The molecule has 31 heavy (non-hydrogen) atoms.